The van der Waals surface area contributed by atoms with Gasteiger partial charge in [0.2, 0.25) is 0 Å². The van der Waals surface area contributed by atoms with Crippen LogP contribution in [-0.4, -0.2) is 42.5 Å². The zero-order valence-corrected chi connectivity index (χ0v) is 17.2. The summed E-state index contributed by atoms with van der Waals surface area (Å²) in [6, 6.07) is 3.80. The lowest BCUT2D eigenvalue weighted by Gasteiger charge is -2.39. The molecule has 2 aliphatic rings. The van der Waals surface area contributed by atoms with Gasteiger partial charge < -0.3 is 19.9 Å². The Balaban J connectivity index is 2.05. The molecule has 0 bridgehead atoms. The van der Waals surface area contributed by atoms with Crippen molar-refractivity contribution < 1.29 is 24.2 Å². The van der Waals surface area contributed by atoms with Crippen LogP contribution >= 0.6 is 11.6 Å². The van der Waals surface area contributed by atoms with Crippen molar-refractivity contribution in [2.45, 2.75) is 57.6 Å². The molecule has 1 aliphatic carbocycles. The van der Waals surface area contributed by atoms with E-state index in [-0.39, 0.29) is 18.6 Å². The van der Waals surface area contributed by atoms with Gasteiger partial charge in [-0.15, -0.1) is 0 Å². The smallest absolute Gasteiger partial charge is 0.450 e. The number of rotatable bonds is 5. The van der Waals surface area contributed by atoms with E-state index < -0.39 is 11.7 Å². The van der Waals surface area contributed by atoms with Gasteiger partial charge in [-0.05, 0) is 73.9 Å². The summed E-state index contributed by atoms with van der Waals surface area (Å²) in [6.45, 7) is 3.86. The minimum atomic E-state index is -1.31. The Labute approximate surface area is 169 Å². The number of carboxylic acid groups (broad SMARTS) is 1. The molecule has 1 saturated carbocycles. The highest BCUT2D eigenvalue weighted by Crippen LogP contribution is 2.45. The van der Waals surface area contributed by atoms with E-state index in [0.29, 0.717) is 17.0 Å². The maximum Gasteiger partial charge on any atom is 0.505 e. The van der Waals surface area contributed by atoms with Gasteiger partial charge >= 0.3 is 6.16 Å². The van der Waals surface area contributed by atoms with Gasteiger partial charge in [0, 0.05) is 24.1 Å². The SMILES string of the molecule is COC1CCC2(CC1)NC(=O)C(c1cc(C)c(Cl)cc1C)=C2CCOC(=O)O. The number of amides is 1. The maximum absolute atomic E-state index is 13.1. The van der Waals surface area contributed by atoms with E-state index in [1.165, 1.54) is 0 Å². The molecule has 1 spiro atoms. The molecule has 6 nitrogen and oxygen atoms in total. The van der Waals surface area contributed by atoms with Gasteiger partial charge in [-0.3, -0.25) is 4.79 Å². The highest BCUT2D eigenvalue weighted by Gasteiger charge is 2.47. The van der Waals surface area contributed by atoms with Crippen molar-refractivity contribution in [2.75, 3.05) is 13.7 Å². The molecule has 0 atom stereocenters. The van der Waals surface area contributed by atoms with Gasteiger partial charge in [-0.25, -0.2) is 4.79 Å². The van der Waals surface area contributed by atoms with Gasteiger partial charge in [0.25, 0.3) is 5.91 Å². The molecule has 0 radical (unpaired) electrons. The minimum Gasteiger partial charge on any atom is -0.450 e. The van der Waals surface area contributed by atoms with Crippen LogP contribution in [-0.2, 0) is 14.3 Å². The Hall–Kier alpha value is -2.05. The average molecular weight is 408 g/mol. The molecule has 0 unspecified atom stereocenters. The molecule has 1 fully saturated rings. The van der Waals surface area contributed by atoms with Crippen molar-refractivity contribution >= 4 is 29.2 Å². The van der Waals surface area contributed by atoms with Crippen LogP contribution < -0.4 is 5.32 Å². The molecule has 1 aliphatic heterocycles. The number of ether oxygens (including phenoxy) is 2. The standard InChI is InChI=1S/C21H26ClNO5/c1-12-11-17(22)13(2)10-15(12)18-16(6-9-28-20(25)26)21(23-19(18)24)7-4-14(27-3)5-8-21/h10-11,14H,4-9H2,1-3H3,(H,23,24)(H,25,26). The summed E-state index contributed by atoms with van der Waals surface area (Å²) in [4.78, 5) is 23.9. The molecule has 2 N–H and O–H groups in total. The summed E-state index contributed by atoms with van der Waals surface area (Å²) in [5.41, 5.74) is 3.74. The normalized spacial score (nSPS) is 24.6. The first-order valence-corrected chi connectivity index (χ1v) is 9.87. The molecule has 1 amide bonds. The second-order valence-electron chi connectivity index (χ2n) is 7.61. The van der Waals surface area contributed by atoms with Crippen LogP contribution in [0.25, 0.3) is 5.57 Å². The van der Waals surface area contributed by atoms with E-state index in [0.717, 1.165) is 47.9 Å². The number of nitrogens with one attached hydrogen (secondary N) is 1. The van der Waals surface area contributed by atoms with E-state index >= 15 is 0 Å². The molecule has 1 aromatic carbocycles. The van der Waals surface area contributed by atoms with Gasteiger partial charge in [-0.2, -0.15) is 0 Å². The van der Waals surface area contributed by atoms with Gasteiger partial charge in [0.1, 0.15) is 0 Å². The first-order chi connectivity index (χ1) is 13.3. The largest absolute Gasteiger partial charge is 0.505 e. The Morgan fingerprint density at radius 3 is 2.57 bits per heavy atom. The van der Waals surface area contributed by atoms with Crippen LogP contribution in [0.1, 0.15) is 48.8 Å². The van der Waals surface area contributed by atoms with Crippen molar-refractivity contribution in [3.05, 3.63) is 39.4 Å². The zero-order valence-electron chi connectivity index (χ0n) is 16.4. The fraction of sp³-hybridized carbons (Fsp3) is 0.524. The molecule has 7 heteroatoms. The summed E-state index contributed by atoms with van der Waals surface area (Å²) >= 11 is 6.24. The Bertz CT molecular complexity index is 824. The van der Waals surface area contributed by atoms with Crippen LogP contribution in [0.5, 0.6) is 0 Å². The van der Waals surface area contributed by atoms with Crippen LogP contribution in [0.2, 0.25) is 5.02 Å². The van der Waals surface area contributed by atoms with Crippen molar-refractivity contribution in [2.24, 2.45) is 0 Å². The average Bonchev–Trinajstić information content (AvgIpc) is 2.90. The monoisotopic (exact) mass is 407 g/mol. The molecule has 0 aromatic heterocycles. The Morgan fingerprint density at radius 1 is 1.29 bits per heavy atom. The maximum atomic E-state index is 13.1. The number of methoxy groups -OCH3 is 1. The second-order valence-corrected chi connectivity index (χ2v) is 8.01. The number of aryl methyl sites for hydroxylation is 2. The number of benzene rings is 1. The van der Waals surface area contributed by atoms with Gasteiger partial charge in [0.15, 0.2) is 0 Å². The van der Waals surface area contributed by atoms with Crippen LogP contribution in [0, 0.1) is 13.8 Å². The predicted molar refractivity (Wildman–Crippen MR) is 107 cm³/mol. The number of halogens is 1. The van der Waals surface area contributed by atoms with E-state index in [4.69, 9.17) is 26.2 Å². The van der Waals surface area contributed by atoms with E-state index in [1.807, 2.05) is 26.0 Å². The second kappa shape index (κ2) is 8.13. The molecular formula is C21H26ClNO5. The first kappa shape index (κ1) is 20.7. The summed E-state index contributed by atoms with van der Waals surface area (Å²) in [5, 5.41) is 12.7. The quantitative estimate of drug-likeness (QED) is 0.712. The Kier molecular flexibility index (Phi) is 6.01. The van der Waals surface area contributed by atoms with Gasteiger partial charge in [0.05, 0.1) is 18.2 Å². The molecule has 152 valence electrons. The summed E-state index contributed by atoms with van der Waals surface area (Å²) in [5.74, 6) is -0.119. The highest BCUT2D eigenvalue weighted by atomic mass is 35.5. The third-order valence-electron chi connectivity index (χ3n) is 5.93. The Morgan fingerprint density at radius 2 is 1.96 bits per heavy atom. The number of carbonyl (C=O) groups excluding carboxylic acids is 1. The fourth-order valence-corrected chi connectivity index (χ4v) is 4.64. The summed E-state index contributed by atoms with van der Waals surface area (Å²) < 4.78 is 10.3. The van der Waals surface area contributed by atoms with Crippen molar-refractivity contribution in [3.8, 4) is 0 Å². The van der Waals surface area contributed by atoms with Crippen molar-refractivity contribution in [1.29, 1.82) is 0 Å². The molecule has 3 rings (SSSR count). The predicted octanol–water partition coefficient (Wildman–Crippen LogP) is 4.25. The summed E-state index contributed by atoms with van der Waals surface area (Å²) in [7, 11) is 1.71. The minimum absolute atomic E-state index is 0.0181. The van der Waals surface area contributed by atoms with E-state index in [2.05, 4.69) is 5.32 Å². The van der Waals surface area contributed by atoms with Crippen LogP contribution in [0.3, 0.4) is 0 Å². The van der Waals surface area contributed by atoms with E-state index in [9.17, 15) is 9.59 Å². The molecular weight excluding hydrogens is 382 g/mol. The zero-order chi connectivity index (χ0) is 20.5. The molecule has 28 heavy (non-hydrogen) atoms. The van der Waals surface area contributed by atoms with Crippen molar-refractivity contribution in [3.63, 3.8) is 0 Å². The lowest BCUT2D eigenvalue weighted by Crippen LogP contribution is -2.48. The third-order valence-corrected chi connectivity index (χ3v) is 6.34. The number of hydrogen-bond donors (Lipinski definition) is 2. The van der Waals surface area contributed by atoms with E-state index in [1.54, 1.807) is 7.11 Å². The van der Waals surface area contributed by atoms with Crippen LogP contribution in [0.15, 0.2) is 17.7 Å². The lowest BCUT2D eigenvalue weighted by molar-refractivity contribution is -0.116. The van der Waals surface area contributed by atoms with Gasteiger partial charge in [-0.1, -0.05) is 11.6 Å². The number of carbonyl (C=O) groups is 2. The fourth-order valence-electron chi connectivity index (χ4n) is 4.42. The summed E-state index contributed by atoms with van der Waals surface area (Å²) in [6.07, 6.45) is 2.44. The highest BCUT2D eigenvalue weighted by molar-refractivity contribution is 6.31. The number of hydrogen-bond acceptors (Lipinski definition) is 4. The van der Waals surface area contributed by atoms with Crippen LogP contribution in [0.4, 0.5) is 4.79 Å². The molecule has 1 heterocycles. The molecule has 1 aromatic rings. The van der Waals surface area contributed by atoms with Crippen molar-refractivity contribution in [1.82, 2.24) is 5.32 Å². The molecule has 0 saturated heterocycles. The third kappa shape index (κ3) is 3.89. The lowest BCUT2D eigenvalue weighted by atomic mass is 9.74. The first-order valence-electron chi connectivity index (χ1n) is 9.49. The topological polar surface area (TPSA) is 84.9 Å².